The molecule has 3 aliphatic heterocycles. The highest BCUT2D eigenvalue weighted by molar-refractivity contribution is 5.92. The lowest BCUT2D eigenvalue weighted by Gasteiger charge is -2.34. The minimum absolute atomic E-state index is 0.0203. The van der Waals surface area contributed by atoms with Gasteiger partial charge in [0, 0.05) is 43.0 Å². The Bertz CT molecular complexity index is 1770. The van der Waals surface area contributed by atoms with E-state index in [1.807, 2.05) is 12.1 Å². The first-order valence-corrected chi connectivity index (χ1v) is 16.7. The summed E-state index contributed by atoms with van der Waals surface area (Å²) in [4.78, 5) is 36.7. The van der Waals surface area contributed by atoms with Crippen LogP contribution in [0.3, 0.4) is 0 Å². The van der Waals surface area contributed by atoms with Crippen LogP contribution in [0.5, 0.6) is 6.01 Å². The highest BCUT2D eigenvalue weighted by Gasteiger charge is 2.39. The van der Waals surface area contributed by atoms with E-state index in [0.717, 1.165) is 63.1 Å². The van der Waals surface area contributed by atoms with Crippen LogP contribution in [0.1, 0.15) is 57.1 Å². The number of carboxylic acids is 2. The van der Waals surface area contributed by atoms with Crippen LogP contribution in [0.25, 0.3) is 22.2 Å². The van der Waals surface area contributed by atoms with Crippen LogP contribution >= 0.6 is 0 Å². The Balaban J connectivity index is 0.000000318. The van der Waals surface area contributed by atoms with E-state index >= 15 is 4.39 Å². The Kier molecular flexibility index (Phi) is 11.2. The first-order chi connectivity index (χ1) is 24.3. The zero-order valence-corrected chi connectivity index (χ0v) is 28.6. The lowest BCUT2D eigenvalue weighted by molar-refractivity contribution is -0.193. The van der Waals surface area contributed by atoms with Crippen molar-refractivity contribution in [1.82, 2.24) is 25.2 Å². The van der Waals surface area contributed by atoms with Crippen LogP contribution in [0.2, 0.25) is 0 Å². The Labute approximate surface area is 294 Å². The number of hydrogen-bond acceptors (Lipinski definition) is 9. The summed E-state index contributed by atoms with van der Waals surface area (Å²) >= 11 is 0. The van der Waals surface area contributed by atoms with Crippen molar-refractivity contribution in [2.75, 3.05) is 38.2 Å². The number of rotatable bonds is 5. The number of aryl methyl sites for hydroxylation is 1. The summed E-state index contributed by atoms with van der Waals surface area (Å²) in [5, 5.41) is 18.6. The van der Waals surface area contributed by atoms with Crippen molar-refractivity contribution in [3.8, 4) is 17.3 Å². The van der Waals surface area contributed by atoms with Gasteiger partial charge < -0.3 is 30.1 Å². The third-order valence-electron chi connectivity index (χ3n) is 9.82. The lowest BCUT2D eigenvalue weighted by atomic mass is 9.82. The molecule has 0 radical (unpaired) electrons. The van der Waals surface area contributed by atoms with Crippen molar-refractivity contribution in [2.45, 2.75) is 88.3 Å². The second-order valence-electron chi connectivity index (χ2n) is 14.0. The molecule has 3 saturated heterocycles. The number of aromatic nitrogens is 3. The van der Waals surface area contributed by atoms with E-state index in [-0.39, 0.29) is 17.2 Å². The first kappa shape index (κ1) is 38.9. The third-order valence-corrected chi connectivity index (χ3v) is 9.82. The van der Waals surface area contributed by atoms with Gasteiger partial charge in [0.05, 0.1) is 5.39 Å². The maximum absolute atomic E-state index is 16.5. The molecule has 5 heterocycles. The number of aliphatic carboxylic acids is 2. The summed E-state index contributed by atoms with van der Waals surface area (Å²) in [5.41, 5.74) is 4.02. The van der Waals surface area contributed by atoms with Gasteiger partial charge in [0.15, 0.2) is 5.82 Å². The molecule has 7 rings (SSSR count). The predicted molar refractivity (Wildman–Crippen MR) is 175 cm³/mol. The fourth-order valence-corrected chi connectivity index (χ4v) is 7.22. The Morgan fingerprint density at radius 3 is 2.17 bits per heavy atom. The first-order valence-electron chi connectivity index (χ1n) is 16.7. The number of piperazine rings is 1. The SMILES string of the molecule is CN1CCC[C@H]1COc1nc(N2C[C@H]3CC[C@@H](C2)N3)c2cnc(-c3cccc4c3C(C)(C)CC4)c(F)c2n1.O=C(O)C(F)(F)F.O=C(O)C(F)(F)F. The van der Waals surface area contributed by atoms with Crippen molar-refractivity contribution >= 4 is 28.7 Å². The number of nitrogens with one attached hydrogen (secondary N) is 1. The van der Waals surface area contributed by atoms with Crippen LogP contribution in [0.4, 0.5) is 36.6 Å². The van der Waals surface area contributed by atoms with Crippen molar-refractivity contribution in [1.29, 1.82) is 0 Å². The number of fused-ring (bicyclic) bond motifs is 4. The molecule has 0 unspecified atom stereocenters. The highest BCUT2D eigenvalue weighted by atomic mass is 19.4. The van der Waals surface area contributed by atoms with E-state index < -0.39 is 24.3 Å². The van der Waals surface area contributed by atoms with Gasteiger partial charge in [-0.25, -0.2) is 14.0 Å². The molecule has 0 spiro atoms. The minimum Gasteiger partial charge on any atom is -0.475 e. The topological polar surface area (TPSA) is 141 Å². The normalized spacial score (nSPS) is 22.3. The summed E-state index contributed by atoms with van der Waals surface area (Å²) in [5.74, 6) is -5.16. The van der Waals surface area contributed by atoms with Crippen LogP contribution in [-0.2, 0) is 21.4 Å². The van der Waals surface area contributed by atoms with Crippen LogP contribution in [-0.4, -0.2) is 106 Å². The smallest absolute Gasteiger partial charge is 0.475 e. The lowest BCUT2D eigenvalue weighted by Crippen LogP contribution is -2.51. The third kappa shape index (κ3) is 8.65. The van der Waals surface area contributed by atoms with Crippen LogP contribution < -0.4 is 15.0 Å². The second kappa shape index (κ2) is 15.0. The standard InChI is InChI=1S/C30H37FN6O.2C2HF3O2/c1-30(2)12-11-18-6-4-8-22(24(18)30)26-25(31)27-23(14-32-26)28(37-15-19-9-10-20(16-37)33-19)35-29(34-27)38-17-21-7-5-13-36(21)3;2*3-2(4,5)1(6)7/h4,6,8,14,19-21,33H,5,7,9-13,15-17H2,1-3H3;2*(H,6,7)/t19-,20+,21-;;/m0../s1. The number of benzene rings is 1. The van der Waals surface area contributed by atoms with Gasteiger partial charge in [-0.1, -0.05) is 32.0 Å². The van der Waals surface area contributed by atoms with Gasteiger partial charge >= 0.3 is 30.3 Å². The molecule has 3 aromatic rings. The summed E-state index contributed by atoms with van der Waals surface area (Å²) < 4.78 is 86.2. The van der Waals surface area contributed by atoms with E-state index in [2.05, 4.69) is 47.1 Å². The van der Waals surface area contributed by atoms with Gasteiger partial charge in [0.2, 0.25) is 0 Å². The number of anilines is 1. The van der Waals surface area contributed by atoms with Gasteiger partial charge in [0.25, 0.3) is 0 Å². The molecule has 52 heavy (non-hydrogen) atoms. The molecular weight excluding hydrogens is 705 g/mol. The predicted octanol–water partition coefficient (Wildman–Crippen LogP) is 5.73. The summed E-state index contributed by atoms with van der Waals surface area (Å²) in [6.45, 7) is 7.75. The quantitative estimate of drug-likeness (QED) is 0.276. The van der Waals surface area contributed by atoms with Crippen molar-refractivity contribution in [3.05, 3.63) is 41.3 Å². The Morgan fingerprint density at radius 1 is 1.00 bits per heavy atom. The average molecular weight is 745 g/mol. The molecule has 3 fully saturated rings. The zero-order valence-electron chi connectivity index (χ0n) is 28.6. The second-order valence-corrected chi connectivity index (χ2v) is 14.0. The fraction of sp³-hybridized carbons (Fsp3) is 0.559. The number of alkyl halides is 6. The highest BCUT2D eigenvalue weighted by Crippen LogP contribution is 2.45. The number of halogens is 7. The molecule has 18 heteroatoms. The number of pyridine rings is 1. The minimum atomic E-state index is -5.08. The number of likely N-dealkylation sites (N-methyl/N-ethyl adjacent to an activating group) is 1. The molecule has 3 atom stereocenters. The van der Waals surface area contributed by atoms with Crippen molar-refractivity contribution in [2.24, 2.45) is 0 Å². The summed E-state index contributed by atoms with van der Waals surface area (Å²) in [7, 11) is 2.13. The number of carboxylic acid groups (broad SMARTS) is 2. The molecule has 11 nitrogen and oxygen atoms in total. The number of nitrogens with zero attached hydrogens (tertiary/aromatic N) is 5. The monoisotopic (exact) mass is 744 g/mol. The van der Waals surface area contributed by atoms with Crippen molar-refractivity contribution < 1.29 is 55.3 Å². The summed E-state index contributed by atoms with van der Waals surface area (Å²) in [6, 6.07) is 7.65. The van der Waals surface area contributed by atoms with E-state index in [4.69, 9.17) is 34.5 Å². The van der Waals surface area contributed by atoms with E-state index in [0.29, 0.717) is 41.3 Å². The fourth-order valence-electron chi connectivity index (χ4n) is 7.22. The molecule has 0 amide bonds. The Morgan fingerprint density at radius 2 is 1.62 bits per heavy atom. The van der Waals surface area contributed by atoms with Gasteiger partial charge in [-0.15, -0.1) is 0 Å². The molecule has 284 valence electrons. The van der Waals surface area contributed by atoms with Crippen molar-refractivity contribution in [3.63, 3.8) is 0 Å². The largest absolute Gasteiger partial charge is 0.490 e. The van der Waals surface area contributed by atoms with Gasteiger partial charge in [-0.3, -0.25) is 4.98 Å². The number of ether oxygens (including phenoxy) is 1. The Hall–Kier alpha value is -4.32. The van der Waals surface area contributed by atoms with Gasteiger partial charge in [-0.2, -0.15) is 36.3 Å². The molecule has 1 aromatic carbocycles. The molecule has 3 N–H and O–H groups in total. The van der Waals surface area contributed by atoms with E-state index in [9.17, 15) is 26.3 Å². The average Bonchev–Trinajstić information content (AvgIpc) is 3.74. The molecule has 0 saturated carbocycles. The zero-order chi connectivity index (χ0) is 38.2. The molecule has 4 aliphatic rings. The molecule has 2 aromatic heterocycles. The van der Waals surface area contributed by atoms with E-state index in [1.165, 1.54) is 17.5 Å². The van der Waals surface area contributed by atoms with Crippen LogP contribution in [0, 0.1) is 5.82 Å². The number of carbonyl (C=O) groups is 2. The number of hydrogen-bond donors (Lipinski definition) is 3. The maximum atomic E-state index is 16.5. The summed E-state index contributed by atoms with van der Waals surface area (Å²) in [6.07, 6.45) is -1.74. The number of likely N-dealkylation sites (tertiary alicyclic amines) is 1. The molecule has 1 aliphatic carbocycles. The maximum Gasteiger partial charge on any atom is 0.490 e. The molecular formula is C34H39F7N6O5. The van der Waals surface area contributed by atoms with Gasteiger partial charge in [-0.05, 0) is 68.7 Å². The van der Waals surface area contributed by atoms with Gasteiger partial charge in [0.1, 0.15) is 23.6 Å². The van der Waals surface area contributed by atoms with Crippen LogP contribution in [0.15, 0.2) is 24.4 Å². The molecule has 2 bridgehead atoms. The van der Waals surface area contributed by atoms with E-state index in [1.54, 1.807) is 6.20 Å².